The molecule has 0 saturated carbocycles. The number of likely N-dealkylation sites (tertiary alicyclic amines) is 1. The molecule has 0 bridgehead atoms. The van der Waals surface area contributed by atoms with Crippen molar-refractivity contribution in [2.75, 3.05) is 38.2 Å². The number of ether oxygens (including phenoxy) is 1. The molecule has 7 nitrogen and oxygen atoms in total. The van der Waals surface area contributed by atoms with Crippen LogP contribution in [0.15, 0.2) is 70.6 Å². The average Bonchev–Trinajstić information content (AvgIpc) is 2.80. The number of anilines is 1. The lowest BCUT2D eigenvalue weighted by atomic mass is 10.1. The number of nitrogens with zero attached hydrogens (tertiary/aromatic N) is 3. The van der Waals surface area contributed by atoms with Crippen LogP contribution in [0.3, 0.4) is 0 Å². The van der Waals surface area contributed by atoms with Gasteiger partial charge in [-0.25, -0.2) is 18.1 Å². The van der Waals surface area contributed by atoms with Gasteiger partial charge in [0, 0.05) is 13.6 Å². The van der Waals surface area contributed by atoms with E-state index >= 15 is 0 Å². The van der Waals surface area contributed by atoms with Gasteiger partial charge >= 0.3 is 0 Å². The van der Waals surface area contributed by atoms with Crippen molar-refractivity contribution in [3.63, 3.8) is 0 Å². The maximum Gasteiger partial charge on any atom is 0.266 e. The minimum atomic E-state index is -3.60. The van der Waals surface area contributed by atoms with Crippen molar-refractivity contribution in [1.82, 2.24) is 9.62 Å². The Bertz CT molecular complexity index is 1090. The second-order valence-electron chi connectivity index (χ2n) is 8.06. The quantitative estimate of drug-likeness (QED) is 0.649. The number of hydrogen-bond acceptors (Lipinski definition) is 5. The van der Waals surface area contributed by atoms with Crippen LogP contribution in [0.1, 0.15) is 24.8 Å². The predicted molar refractivity (Wildman–Crippen MR) is 128 cm³/mol. The summed E-state index contributed by atoms with van der Waals surface area (Å²) in [7, 11) is -1.80. The number of hydrogen-bond donors (Lipinski definition) is 1. The molecule has 1 fully saturated rings. The number of piperidine rings is 1. The molecule has 32 heavy (non-hydrogen) atoms. The summed E-state index contributed by atoms with van der Waals surface area (Å²) in [5.41, 5.74) is 1.88. The molecule has 2 aromatic rings. The number of nitrogens with one attached hydrogen (secondary N) is 1. The lowest BCUT2D eigenvalue weighted by molar-refractivity contribution is 0.220. The van der Waals surface area contributed by atoms with Crippen molar-refractivity contribution >= 4 is 21.7 Å². The van der Waals surface area contributed by atoms with Gasteiger partial charge in [0.05, 0.1) is 12.2 Å². The zero-order chi connectivity index (χ0) is 22.4. The van der Waals surface area contributed by atoms with Gasteiger partial charge in [0.2, 0.25) is 5.96 Å². The number of fused-ring (bicyclic) bond motifs is 1. The van der Waals surface area contributed by atoms with Gasteiger partial charge in [-0.15, -0.1) is 0 Å². The van der Waals surface area contributed by atoms with Gasteiger partial charge in [-0.3, -0.25) is 4.90 Å². The van der Waals surface area contributed by atoms with Crippen LogP contribution in [0.5, 0.6) is 5.75 Å². The van der Waals surface area contributed by atoms with Crippen molar-refractivity contribution in [2.24, 2.45) is 4.99 Å². The zero-order valence-corrected chi connectivity index (χ0v) is 19.2. The summed E-state index contributed by atoms with van der Waals surface area (Å²) in [6, 6.07) is 15.1. The monoisotopic (exact) mass is 454 g/mol. The minimum Gasteiger partial charge on any atom is -0.490 e. The third-order valence-electron chi connectivity index (χ3n) is 5.67. The average molecular weight is 455 g/mol. The molecule has 2 aliphatic heterocycles. The van der Waals surface area contributed by atoms with Crippen LogP contribution in [-0.2, 0) is 16.6 Å². The Labute approximate surface area is 190 Å². The third-order valence-corrected chi connectivity index (χ3v) is 7.05. The molecule has 2 heterocycles. The fourth-order valence-corrected chi connectivity index (χ4v) is 5.28. The van der Waals surface area contributed by atoms with Crippen LogP contribution >= 0.6 is 0 Å². The first-order valence-electron chi connectivity index (χ1n) is 11.0. The van der Waals surface area contributed by atoms with E-state index < -0.39 is 10.0 Å². The number of rotatable bonds is 7. The summed E-state index contributed by atoms with van der Waals surface area (Å²) in [4.78, 5) is 8.89. The Kier molecular flexibility index (Phi) is 7.12. The fraction of sp³-hybridized carbons (Fsp3) is 0.375. The molecule has 0 amide bonds. The molecule has 0 unspecified atom stereocenters. The summed E-state index contributed by atoms with van der Waals surface area (Å²) in [5, 5.41) is 0. The second kappa shape index (κ2) is 10.2. The van der Waals surface area contributed by atoms with Gasteiger partial charge in [0.1, 0.15) is 17.3 Å². The summed E-state index contributed by atoms with van der Waals surface area (Å²) in [5.74, 6) is 1.16. The van der Waals surface area contributed by atoms with E-state index in [2.05, 4.69) is 26.7 Å². The predicted octanol–water partition coefficient (Wildman–Crippen LogP) is 3.39. The first kappa shape index (κ1) is 22.4. The van der Waals surface area contributed by atoms with Crippen molar-refractivity contribution in [1.29, 1.82) is 0 Å². The Hall–Kier alpha value is -2.84. The molecule has 0 radical (unpaired) electrons. The van der Waals surface area contributed by atoms with Crippen LogP contribution < -0.4 is 14.4 Å². The first-order chi connectivity index (χ1) is 15.5. The Morgan fingerprint density at radius 3 is 2.72 bits per heavy atom. The van der Waals surface area contributed by atoms with Crippen molar-refractivity contribution in [3.05, 3.63) is 66.2 Å². The summed E-state index contributed by atoms with van der Waals surface area (Å²) < 4.78 is 33.2. The maximum absolute atomic E-state index is 12.4. The Balaban J connectivity index is 1.28. The summed E-state index contributed by atoms with van der Waals surface area (Å²) in [6.45, 7) is 4.10. The van der Waals surface area contributed by atoms with Crippen molar-refractivity contribution in [3.8, 4) is 5.75 Å². The van der Waals surface area contributed by atoms with E-state index in [-0.39, 0.29) is 4.90 Å². The molecule has 4 rings (SSSR count). The molecule has 1 saturated heterocycles. The SMILES string of the molecule is CN1C(=NCC=CCOc2cccc(CN3CCCCC3)c2)NS(=O)(=O)c2ccccc21. The standard InChI is InChI=1S/C24H30N4O3S/c1-27-22-12-3-4-13-23(22)32(29,30)26-24(27)25-14-5-8-17-31-21-11-9-10-20(18-21)19-28-15-6-2-7-16-28/h3-5,8-13,18H,2,6-7,14-17,19H2,1H3,(H,25,26). The van der Waals surface area contributed by atoms with Gasteiger partial charge in [0.25, 0.3) is 10.0 Å². The number of aliphatic imine (C=N–C) groups is 1. The Morgan fingerprint density at radius 1 is 1.06 bits per heavy atom. The van der Waals surface area contributed by atoms with E-state index in [9.17, 15) is 8.42 Å². The second-order valence-corrected chi connectivity index (χ2v) is 9.71. The van der Waals surface area contributed by atoms with E-state index in [0.29, 0.717) is 24.8 Å². The molecule has 2 aliphatic rings. The summed E-state index contributed by atoms with van der Waals surface area (Å²) >= 11 is 0. The third kappa shape index (κ3) is 5.49. The lowest BCUT2D eigenvalue weighted by Crippen LogP contribution is -2.47. The Morgan fingerprint density at radius 2 is 1.88 bits per heavy atom. The van der Waals surface area contributed by atoms with E-state index in [1.54, 1.807) is 30.1 Å². The van der Waals surface area contributed by atoms with Crippen LogP contribution in [0.2, 0.25) is 0 Å². The normalized spacial score (nSPS) is 19.7. The van der Waals surface area contributed by atoms with E-state index in [0.717, 1.165) is 12.3 Å². The van der Waals surface area contributed by atoms with Crippen LogP contribution in [0.4, 0.5) is 5.69 Å². The van der Waals surface area contributed by atoms with Gasteiger partial charge in [-0.05, 0) is 61.8 Å². The van der Waals surface area contributed by atoms with E-state index in [1.165, 1.54) is 37.9 Å². The molecule has 0 spiro atoms. The molecule has 0 aromatic heterocycles. The highest BCUT2D eigenvalue weighted by Crippen LogP contribution is 2.27. The molecule has 0 atom stereocenters. The molecular formula is C24H30N4O3S. The smallest absolute Gasteiger partial charge is 0.266 e. The lowest BCUT2D eigenvalue weighted by Gasteiger charge is -2.29. The molecular weight excluding hydrogens is 424 g/mol. The molecule has 170 valence electrons. The minimum absolute atomic E-state index is 0.257. The van der Waals surface area contributed by atoms with Crippen molar-refractivity contribution in [2.45, 2.75) is 30.7 Å². The van der Waals surface area contributed by atoms with Crippen LogP contribution in [-0.4, -0.2) is 52.6 Å². The number of para-hydroxylation sites is 1. The highest BCUT2D eigenvalue weighted by Gasteiger charge is 2.29. The molecule has 8 heteroatoms. The van der Waals surface area contributed by atoms with Crippen LogP contribution in [0, 0.1) is 0 Å². The highest BCUT2D eigenvalue weighted by molar-refractivity contribution is 7.90. The maximum atomic E-state index is 12.4. The number of guanidine groups is 1. The van der Waals surface area contributed by atoms with E-state index in [4.69, 9.17) is 4.74 Å². The summed E-state index contributed by atoms with van der Waals surface area (Å²) in [6.07, 6.45) is 7.68. The zero-order valence-electron chi connectivity index (χ0n) is 18.4. The number of sulfonamides is 1. The number of benzene rings is 2. The topological polar surface area (TPSA) is 74.2 Å². The van der Waals surface area contributed by atoms with Gasteiger partial charge < -0.3 is 9.64 Å². The van der Waals surface area contributed by atoms with Gasteiger partial charge in [-0.2, -0.15) is 0 Å². The first-order valence-corrected chi connectivity index (χ1v) is 12.5. The van der Waals surface area contributed by atoms with Crippen molar-refractivity contribution < 1.29 is 13.2 Å². The molecule has 2 aromatic carbocycles. The van der Waals surface area contributed by atoms with Gasteiger partial charge in [0.15, 0.2) is 0 Å². The largest absolute Gasteiger partial charge is 0.490 e. The highest BCUT2D eigenvalue weighted by atomic mass is 32.2. The molecule has 0 aliphatic carbocycles. The van der Waals surface area contributed by atoms with E-state index in [1.807, 2.05) is 30.4 Å². The molecule has 1 N–H and O–H groups in total. The van der Waals surface area contributed by atoms with Crippen LogP contribution in [0.25, 0.3) is 0 Å². The van der Waals surface area contributed by atoms with Gasteiger partial charge in [-0.1, -0.05) is 36.8 Å². The fourth-order valence-electron chi connectivity index (χ4n) is 3.99.